The Labute approximate surface area is 119 Å². The van der Waals surface area contributed by atoms with Crippen LogP contribution in [0, 0.1) is 6.92 Å². The lowest BCUT2D eigenvalue weighted by atomic mass is 9.88. The molecule has 0 aliphatic heterocycles. The van der Waals surface area contributed by atoms with Gasteiger partial charge in [-0.2, -0.15) is 0 Å². The Balaban J connectivity index is 2.37. The molecule has 0 saturated heterocycles. The summed E-state index contributed by atoms with van der Waals surface area (Å²) in [7, 11) is 0. The van der Waals surface area contributed by atoms with Crippen LogP contribution in [0.4, 0.5) is 0 Å². The monoisotopic (exact) mass is 272 g/mol. The maximum Gasteiger partial charge on any atom is 0.0893 e. The van der Waals surface area contributed by atoms with E-state index in [1.165, 1.54) is 0 Å². The molecule has 2 aromatic rings. The second-order valence-electron chi connectivity index (χ2n) is 4.68. The standard InChI is InChI=1S/C17H17ClO/c1-3-16(14-9-12(2)10-15(18)11-14)17(19)13-7-5-4-6-8-13/h3-11,16-17,19H,1H2,2H3. The first kappa shape index (κ1) is 13.9. The maximum atomic E-state index is 10.5. The van der Waals surface area contributed by atoms with Crippen LogP contribution in [0.2, 0.25) is 5.02 Å². The van der Waals surface area contributed by atoms with Gasteiger partial charge in [0.05, 0.1) is 6.10 Å². The van der Waals surface area contributed by atoms with Gasteiger partial charge >= 0.3 is 0 Å². The van der Waals surface area contributed by atoms with E-state index in [9.17, 15) is 5.11 Å². The number of aliphatic hydroxyl groups is 1. The molecule has 0 fully saturated rings. The molecule has 98 valence electrons. The summed E-state index contributed by atoms with van der Waals surface area (Å²) in [6.07, 6.45) is 1.15. The second-order valence-corrected chi connectivity index (χ2v) is 5.12. The van der Waals surface area contributed by atoms with Gasteiger partial charge < -0.3 is 5.11 Å². The first-order chi connectivity index (χ1) is 9.11. The quantitative estimate of drug-likeness (QED) is 0.803. The highest BCUT2D eigenvalue weighted by molar-refractivity contribution is 6.30. The van der Waals surface area contributed by atoms with Crippen LogP contribution in [0.25, 0.3) is 0 Å². The first-order valence-electron chi connectivity index (χ1n) is 6.24. The molecule has 2 rings (SSSR count). The van der Waals surface area contributed by atoms with E-state index in [1.807, 2.05) is 55.5 Å². The van der Waals surface area contributed by atoms with Crippen LogP contribution in [0.1, 0.15) is 28.7 Å². The number of hydrogen-bond donors (Lipinski definition) is 1. The molecule has 0 aliphatic rings. The van der Waals surface area contributed by atoms with E-state index >= 15 is 0 Å². The fourth-order valence-corrected chi connectivity index (χ4v) is 2.56. The molecule has 0 bridgehead atoms. The fraction of sp³-hybridized carbons (Fsp3) is 0.176. The normalized spacial score (nSPS) is 13.8. The van der Waals surface area contributed by atoms with Crippen molar-refractivity contribution in [3.8, 4) is 0 Å². The van der Waals surface area contributed by atoms with Gasteiger partial charge in [-0.25, -0.2) is 0 Å². The Hall–Kier alpha value is -1.57. The molecular formula is C17H17ClO. The van der Waals surface area contributed by atoms with Crippen LogP contribution >= 0.6 is 11.6 Å². The SMILES string of the molecule is C=CC(c1cc(C)cc(Cl)c1)C(O)c1ccccc1. The van der Waals surface area contributed by atoms with Gasteiger partial charge in [0.2, 0.25) is 0 Å². The average molecular weight is 273 g/mol. The maximum absolute atomic E-state index is 10.5. The predicted molar refractivity (Wildman–Crippen MR) is 80.5 cm³/mol. The summed E-state index contributed by atoms with van der Waals surface area (Å²) in [5.41, 5.74) is 2.94. The first-order valence-corrected chi connectivity index (χ1v) is 6.62. The fourth-order valence-electron chi connectivity index (χ4n) is 2.26. The molecule has 0 amide bonds. The van der Waals surface area contributed by atoms with Crippen molar-refractivity contribution in [3.05, 3.63) is 82.9 Å². The molecule has 2 aromatic carbocycles. The van der Waals surface area contributed by atoms with Crippen LogP contribution < -0.4 is 0 Å². The smallest absolute Gasteiger partial charge is 0.0893 e. The largest absolute Gasteiger partial charge is 0.387 e. The van der Waals surface area contributed by atoms with Crippen molar-refractivity contribution in [3.63, 3.8) is 0 Å². The second kappa shape index (κ2) is 6.05. The van der Waals surface area contributed by atoms with Gasteiger partial charge in [-0.15, -0.1) is 6.58 Å². The van der Waals surface area contributed by atoms with Gasteiger partial charge in [0, 0.05) is 10.9 Å². The van der Waals surface area contributed by atoms with Crippen molar-refractivity contribution in [2.45, 2.75) is 18.9 Å². The molecule has 0 aromatic heterocycles. The highest BCUT2D eigenvalue weighted by Gasteiger charge is 2.20. The highest BCUT2D eigenvalue weighted by Crippen LogP contribution is 2.33. The summed E-state index contributed by atoms with van der Waals surface area (Å²) in [6, 6.07) is 15.4. The molecular weight excluding hydrogens is 256 g/mol. The van der Waals surface area contributed by atoms with Crippen molar-refractivity contribution in [2.24, 2.45) is 0 Å². The Bertz CT molecular complexity index is 542. The minimum Gasteiger partial charge on any atom is -0.387 e. The van der Waals surface area contributed by atoms with Crippen LogP contribution in [0.5, 0.6) is 0 Å². The third-order valence-corrected chi connectivity index (χ3v) is 3.40. The van der Waals surface area contributed by atoms with Crippen LogP contribution in [0.3, 0.4) is 0 Å². The number of aliphatic hydroxyl groups excluding tert-OH is 1. The van der Waals surface area contributed by atoms with E-state index in [-0.39, 0.29) is 5.92 Å². The predicted octanol–water partition coefficient (Wildman–Crippen LogP) is 4.65. The number of benzene rings is 2. The lowest BCUT2D eigenvalue weighted by Gasteiger charge is -2.21. The number of aryl methyl sites for hydroxylation is 1. The minimum absolute atomic E-state index is 0.167. The Morgan fingerprint density at radius 1 is 1.11 bits per heavy atom. The van der Waals surface area contributed by atoms with Gasteiger partial charge in [-0.1, -0.05) is 54.1 Å². The van der Waals surface area contributed by atoms with E-state index in [2.05, 4.69) is 6.58 Å². The molecule has 2 unspecified atom stereocenters. The summed E-state index contributed by atoms with van der Waals surface area (Å²) in [4.78, 5) is 0. The summed E-state index contributed by atoms with van der Waals surface area (Å²) in [5, 5.41) is 11.2. The average Bonchev–Trinajstić information content (AvgIpc) is 2.39. The van der Waals surface area contributed by atoms with Crippen LogP contribution in [0.15, 0.2) is 61.2 Å². The van der Waals surface area contributed by atoms with Crippen LogP contribution in [-0.4, -0.2) is 5.11 Å². The Morgan fingerprint density at radius 3 is 2.37 bits per heavy atom. The number of rotatable bonds is 4. The zero-order valence-electron chi connectivity index (χ0n) is 10.9. The van der Waals surface area contributed by atoms with Crippen molar-refractivity contribution in [2.75, 3.05) is 0 Å². The van der Waals surface area contributed by atoms with Gasteiger partial charge in [-0.3, -0.25) is 0 Å². The molecule has 19 heavy (non-hydrogen) atoms. The summed E-state index contributed by atoms with van der Waals surface area (Å²) < 4.78 is 0. The molecule has 0 saturated carbocycles. The minimum atomic E-state index is -0.614. The van der Waals surface area contributed by atoms with Crippen molar-refractivity contribution < 1.29 is 5.11 Å². The van der Waals surface area contributed by atoms with Gasteiger partial charge in [0.15, 0.2) is 0 Å². The molecule has 0 aliphatic carbocycles. The molecule has 0 radical (unpaired) electrons. The number of halogens is 1. The summed E-state index contributed by atoms with van der Waals surface area (Å²) >= 11 is 6.09. The number of hydrogen-bond acceptors (Lipinski definition) is 1. The van der Waals surface area contributed by atoms with E-state index in [0.717, 1.165) is 16.7 Å². The third kappa shape index (κ3) is 3.25. The van der Waals surface area contributed by atoms with E-state index in [0.29, 0.717) is 5.02 Å². The Kier molecular flexibility index (Phi) is 4.41. The third-order valence-electron chi connectivity index (χ3n) is 3.18. The topological polar surface area (TPSA) is 20.2 Å². The van der Waals surface area contributed by atoms with Crippen molar-refractivity contribution in [1.29, 1.82) is 0 Å². The molecule has 0 spiro atoms. The van der Waals surface area contributed by atoms with Crippen molar-refractivity contribution in [1.82, 2.24) is 0 Å². The zero-order chi connectivity index (χ0) is 13.8. The van der Waals surface area contributed by atoms with Gasteiger partial charge in [0.25, 0.3) is 0 Å². The van der Waals surface area contributed by atoms with E-state index in [4.69, 9.17) is 11.6 Å². The van der Waals surface area contributed by atoms with Crippen molar-refractivity contribution >= 4 is 11.6 Å². The molecule has 2 heteroatoms. The lowest BCUT2D eigenvalue weighted by molar-refractivity contribution is 0.162. The summed E-state index contributed by atoms with van der Waals surface area (Å²) in [6.45, 7) is 5.83. The van der Waals surface area contributed by atoms with E-state index < -0.39 is 6.10 Å². The lowest BCUT2D eigenvalue weighted by Crippen LogP contribution is -2.09. The molecule has 1 N–H and O–H groups in total. The van der Waals surface area contributed by atoms with E-state index in [1.54, 1.807) is 6.08 Å². The zero-order valence-corrected chi connectivity index (χ0v) is 11.6. The molecule has 0 heterocycles. The Morgan fingerprint density at radius 2 is 1.79 bits per heavy atom. The van der Waals surface area contributed by atoms with Gasteiger partial charge in [-0.05, 0) is 35.7 Å². The van der Waals surface area contributed by atoms with Gasteiger partial charge in [0.1, 0.15) is 0 Å². The summed E-state index contributed by atoms with van der Waals surface area (Å²) in [5.74, 6) is -0.167. The molecule has 1 nitrogen and oxygen atoms in total. The highest BCUT2D eigenvalue weighted by atomic mass is 35.5. The molecule has 2 atom stereocenters. The van der Waals surface area contributed by atoms with Crippen LogP contribution in [-0.2, 0) is 0 Å².